The molecule has 3 aromatic rings. The van der Waals surface area contributed by atoms with E-state index in [9.17, 15) is 13.2 Å². The predicted molar refractivity (Wildman–Crippen MR) is 114 cm³/mol. The number of aryl methyl sites for hydroxylation is 1. The highest BCUT2D eigenvalue weighted by Crippen LogP contribution is 2.44. The summed E-state index contributed by atoms with van der Waals surface area (Å²) < 4.78 is 27.9. The van der Waals surface area contributed by atoms with E-state index in [2.05, 4.69) is 21.2 Å². The van der Waals surface area contributed by atoms with E-state index in [1.807, 2.05) is 31.2 Å². The highest BCUT2D eigenvalue weighted by molar-refractivity contribution is 9.10. The molecule has 1 aliphatic heterocycles. The van der Waals surface area contributed by atoms with Crippen LogP contribution in [0.3, 0.4) is 0 Å². The van der Waals surface area contributed by atoms with Crippen LogP contribution in [0, 0.1) is 6.92 Å². The summed E-state index contributed by atoms with van der Waals surface area (Å²) in [5, 5.41) is 2.88. The van der Waals surface area contributed by atoms with Crippen molar-refractivity contribution in [3.05, 3.63) is 76.3 Å². The SMILES string of the molecule is Cc1cc(C(=O)Nc2cccc(Br)c2)cc2c1N(C)S(=O)(=O)c1ccccc1-2. The lowest BCUT2D eigenvalue weighted by Gasteiger charge is -2.31. The third kappa shape index (κ3) is 3.00. The van der Waals surface area contributed by atoms with E-state index in [4.69, 9.17) is 0 Å². The molecule has 0 spiro atoms. The van der Waals surface area contributed by atoms with Gasteiger partial charge in [0, 0.05) is 33.9 Å². The molecule has 0 aliphatic carbocycles. The third-order valence-electron chi connectivity index (χ3n) is 4.78. The van der Waals surface area contributed by atoms with Gasteiger partial charge in [-0.1, -0.05) is 40.2 Å². The number of fused-ring (bicyclic) bond motifs is 3. The van der Waals surface area contributed by atoms with E-state index in [0.29, 0.717) is 22.5 Å². The molecule has 1 aliphatic rings. The molecule has 142 valence electrons. The first-order valence-electron chi connectivity index (χ1n) is 8.59. The summed E-state index contributed by atoms with van der Waals surface area (Å²) in [6, 6.07) is 17.7. The minimum atomic E-state index is -3.62. The second-order valence-corrected chi connectivity index (χ2v) is 9.48. The highest BCUT2D eigenvalue weighted by atomic mass is 79.9. The summed E-state index contributed by atoms with van der Waals surface area (Å²) in [7, 11) is -2.08. The van der Waals surface area contributed by atoms with Crippen LogP contribution in [-0.4, -0.2) is 21.4 Å². The number of nitrogens with one attached hydrogen (secondary N) is 1. The zero-order valence-corrected chi connectivity index (χ0v) is 17.6. The standard InChI is InChI=1S/C21H17BrN2O3S/c1-13-10-14(21(25)23-16-7-5-6-15(22)12-16)11-18-17-8-3-4-9-19(17)28(26,27)24(2)20(13)18/h3-12H,1-2H3,(H,23,25). The normalized spacial score (nSPS) is 14.2. The number of benzene rings is 3. The zero-order valence-electron chi connectivity index (χ0n) is 15.2. The van der Waals surface area contributed by atoms with Gasteiger partial charge in [-0.3, -0.25) is 9.10 Å². The lowest BCUT2D eigenvalue weighted by molar-refractivity contribution is 0.102. The van der Waals surface area contributed by atoms with E-state index in [1.54, 1.807) is 43.4 Å². The molecule has 4 rings (SSSR count). The predicted octanol–water partition coefficient (Wildman–Crippen LogP) is 4.82. The summed E-state index contributed by atoms with van der Waals surface area (Å²) in [4.78, 5) is 13.1. The van der Waals surface area contributed by atoms with Crippen LogP contribution in [0.2, 0.25) is 0 Å². The Bertz CT molecular complexity index is 1220. The van der Waals surface area contributed by atoms with Crippen LogP contribution >= 0.6 is 15.9 Å². The summed E-state index contributed by atoms with van der Waals surface area (Å²) >= 11 is 3.39. The topological polar surface area (TPSA) is 66.5 Å². The summed E-state index contributed by atoms with van der Waals surface area (Å²) in [5.74, 6) is -0.252. The molecule has 7 heteroatoms. The lowest BCUT2D eigenvalue weighted by atomic mass is 9.96. The number of hydrogen-bond donors (Lipinski definition) is 1. The first kappa shape index (κ1) is 18.7. The van der Waals surface area contributed by atoms with Crippen molar-refractivity contribution < 1.29 is 13.2 Å². The molecule has 1 N–H and O–H groups in total. The van der Waals surface area contributed by atoms with Crippen LogP contribution in [-0.2, 0) is 10.0 Å². The van der Waals surface area contributed by atoms with E-state index in [-0.39, 0.29) is 10.8 Å². The van der Waals surface area contributed by atoms with Crippen LogP contribution in [0.4, 0.5) is 11.4 Å². The largest absolute Gasteiger partial charge is 0.322 e. The number of carbonyl (C=O) groups is 1. The van der Waals surface area contributed by atoms with Gasteiger partial charge in [-0.05, 0) is 48.9 Å². The van der Waals surface area contributed by atoms with Gasteiger partial charge < -0.3 is 5.32 Å². The smallest absolute Gasteiger partial charge is 0.264 e. The maximum absolute atomic E-state index is 12.9. The molecular formula is C21H17BrN2O3S. The van der Waals surface area contributed by atoms with Gasteiger partial charge in [0.1, 0.15) is 0 Å². The van der Waals surface area contributed by atoms with Gasteiger partial charge in [0.15, 0.2) is 0 Å². The number of halogens is 1. The molecule has 0 atom stereocenters. The van der Waals surface area contributed by atoms with Crippen molar-refractivity contribution in [2.45, 2.75) is 11.8 Å². The molecule has 0 radical (unpaired) electrons. The highest BCUT2D eigenvalue weighted by Gasteiger charge is 2.33. The van der Waals surface area contributed by atoms with Crippen LogP contribution in [0.15, 0.2) is 70.0 Å². The first-order chi connectivity index (χ1) is 13.3. The molecule has 0 bridgehead atoms. The molecule has 0 fully saturated rings. The fourth-order valence-corrected chi connectivity index (χ4v) is 5.37. The van der Waals surface area contributed by atoms with Crippen molar-refractivity contribution in [1.29, 1.82) is 0 Å². The average molecular weight is 457 g/mol. The molecular weight excluding hydrogens is 440 g/mol. The fourth-order valence-electron chi connectivity index (χ4n) is 3.49. The Morgan fingerprint density at radius 2 is 1.75 bits per heavy atom. The molecule has 3 aromatic carbocycles. The minimum absolute atomic E-state index is 0.244. The van der Waals surface area contributed by atoms with Crippen LogP contribution in [0.5, 0.6) is 0 Å². The van der Waals surface area contributed by atoms with Gasteiger partial charge in [0.25, 0.3) is 15.9 Å². The monoisotopic (exact) mass is 456 g/mol. The lowest BCUT2D eigenvalue weighted by Crippen LogP contribution is -2.31. The quantitative estimate of drug-likeness (QED) is 0.601. The van der Waals surface area contributed by atoms with Gasteiger partial charge in [-0.15, -0.1) is 0 Å². The van der Waals surface area contributed by atoms with Gasteiger partial charge in [-0.25, -0.2) is 8.42 Å². The number of hydrogen-bond acceptors (Lipinski definition) is 3. The van der Waals surface area contributed by atoms with Crippen LogP contribution in [0.1, 0.15) is 15.9 Å². The molecule has 28 heavy (non-hydrogen) atoms. The Balaban J connectivity index is 1.83. The Hall–Kier alpha value is -2.64. The molecule has 5 nitrogen and oxygen atoms in total. The van der Waals surface area contributed by atoms with Crippen molar-refractivity contribution in [1.82, 2.24) is 0 Å². The van der Waals surface area contributed by atoms with Gasteiger partial charge in [-0.2, -0.15) is 0 Å². The third-order valence-corrected chi connectivity index (χ3v) is 7.08. The van der Waals surface area contributed by atoms with Crippen molar-refractivity contribution in [3.8, 4) is 11.1 Å². The van der Waals surface area contributed by atoms with Crippen LogP contribution < -0.4 is 9.62 Å². The second-order valence-electron chi connectivity index (χ2n) is 6.62. The zero-order chi connectivity index (χ0) is 20.1. The number of rotatable bonds is 2. The summed E-state index contributed by atoms with van der Waals surface area (Å²) in [6.45, 7) is 1.81. The van der Waals surface area contributed by atoms with Crippen molar-refractivity contribution in [3.63, 3.8) is 0 Å². The molecule has 1 heterocycles. The number of sulfonamides is 1. The molecule has 0 unspecified atom stereocenters. The van der Waals surface area contributed by atoms with Gasteiger partial charge in [0.2, 0.25) is 0 Å². The maximum atomic E-state index is 12.9. The number of carbonyl (C=O) groups excluding carboxylic acids is 1. The Morgan fingerprint density at radius 3 is 2.50 bits per heavy atom. The number of amides is 1. The number of anilines is 2. The summed E-state index contributed by atoms with van der Waals surface area (Å²) in [6.07, 6.45) is 0. The van der Waals surface area contributed by atoms with E-state index >= 15 is 0 Å². The fraction of sp³-hybridized carbons (Fsp3) is 0.0952. The minimum Gasteiger partial charge on any atom is -0.322 e. The molecule has 1 amide bonds. The van der Waals surface area contributed by atoms with E-state index < -0.39 is 10.0 Å². The second kappa shape index (κ2) is 6.76. The van der Waals surface area contributed by atoms with Crippen LogP contribution in [0.25, 0.3) is 11.1 Å². The van der Waals surface area contributed by atoms with Crippen molar-refractivity contribution >= 4 is 43.2 Å². The molecule has 0 aromatic heterocycles. The van der Waals surface area contributed by atoms with E-state index in [0.717, 1.165) is 15.6 Å². The average Bonchev–Trinajstić information content (AvgIpc) is 2.66. The Labute approximate surface area is 172 Å². The van der Waals surface area contributed by atoms with Crippen molar-refractivity contribution in [2.24, 2.45) is 0 Å². The van der Waals surface area contributed by atoms with E-state index in [1.165, 1.54) is 4.31 Å². The Kier molecular flexibility index (Phi) is 4.51. The number of nitrogens with zero attached hydrogens (tertiary/aromatic N) is 1. The van der Waals surface area contributed by atoms with Gasteiger partial charge >= 0.3 is 0 Å². The molecule has 0 saturated heterocycles. The van der Waals surface area contributed by atoms with Crippen molar-refractivity contribution in [2.75, 3.05) is 16.7 Å². The first-order valence-corrected chi connectivity index (χ1v) is 10.8. The van der Waals surface area contributed by atoms with Gasteiger partial charge in [0.05, 0.1) is 10.6 Å². The maximum Gasteiger partial charge on any atom is 0.264 e. The molecule has 0 saturated carbocycles. The Morgan fingerprint density at radius 1 is 1.00 bits per heavy atom. The summed E-state index contributed by atoms with van der Waals surface area (Å²) in [5.41, 5.74) is 3.80.